The van der Waals surface area contributed by atoms with Crippen molar-refractivity contribution in [3.8, 4) is 0 Å². The third kappa shape index (κ3) is 2.79. The van der Waals surface area contributed by atoms with E-state index in [4.69, 9.17) is 0 Å². The molecule has 1 aliphatic heterocycles. The molecule has 0 bridgehead atoms. The van der Waals surface area contributed by atoms with Crippen LogP contribution in [0.3, 0.4) is 0 Å². The zero-order chi connectivity index (χ0) is 13.2. The fraction of sp³-hybridized carbons (Fsp3) is 0.647. The Hall–Kier alpha value is -1.02. The van der Waals surface area contributed by atoms with Gasteiger partial charge in [-0.05, 0) is 61.4 Å². The van der Waals surface area contributed by atoms with Crippen LogP contribution in [0.25, 0.3) is 0 Å². The van der Waals surface area contributed by atoms with E-state index in [9.17, 15) is 0 Å². The molecule has 1 aromatic carbocycles. The van der Waals surface area contributed by atoms with Gasteiger partial charge in [-0.3, -0.25) is 0 Å². The summed E-state index contributed by atoms with van der Waals surface area (Å²) in [5.74, 6) is 0.704. The summed E-state index contributed by atoms with van der Waals surface area (Å²) < 4.78 is 0. The molecule has 19 heavy (non-hydrogen) atoms. The predicted molar refractivity (Wildman–Crippen MR) is 81.9 cm³/mol. The van der Waals surface area contributed by atoms with Crippen LogP contribution in [0.1, 0.15) is 37.8 Å². The third-order valence-electron chi connectivity index (χ3n) is 4.68. The SMILES string of the molecule is CC(C)C1CN(c2ccc3c(c2)CCC3)CCCN1. The molecular weight excluding hydrogens is 232 g/mol. The van der Waals surface area contributed by atoms with Gasteiger partial charge in [0, 0.05) is 24.8 Å². The van der Waals surface area contributed by atoms with Crippen molar-refractivity contribution >= 4 is 5.69 Å². The molecule has 0 spiro atoms. The molecule has 104 valence electrons. The lowest BCUT2D eigenvalue weighted by Gasteiger charge is -2.29. The molecule has 0 amide bonds. The third-order valence-corrected chi connectivity index (χ3v) is 4.68. The van der Waals surface area contributed by atoms with E-state index >= 15 is 0 Å². The van der Waals surface area contributed by atoms with E-state index in [-0.39, 0.29) is 0 Å². The van der Waals surface area contributed by atoms with Crippen molar-refractivity contribution in [1.82, 2.24) is 5.32 Å². The van der Waals surface area contributed by atoms with E-state index in [1.54, 1.807) is 11.1 Å². The molecule has 2 aliphatic rings. The van der Waals surface area contributed by atoms with Crippen molar-refractivity contribution in [1.29, 1.82) is 0 Å². The summed E-state index contributed by atoms with van der Waals surface area (Å²) in [4.78, 5) is 2.59. The Bertz CT molecular complexity index is 439. The molecule has 0 saturated carbocycles. The van der Waals surface area contributed by atoms with E-state index in [1.165, 1.54) is 37.9 Å². The number of rotatable bonds is 2. The van der Waals surface area contributed by atoms with Gasteiger partial charge in [-0.25, -0.2) is 0 Å². The second kappa shape index (κ2) is 5.54. The van der Waals surface area contributed by atoms with Crippen molar-refractivity contribution in [2.45, 2.75) is 45.6 Å². The highest BCUT2D eigenvalue weighted by Gasteiger charge is 2.21. The van der Waals surface area contributed by atoms with E-state index in [2.05, 4.69) is 42.3 Å². The lowest BCUT2D eigenvalue weighted by atomic mass is 10.0. The zero-order valence-corrected chi connectivity index (χ0v) is 12.3. The number of anilines is 1. The van der Waals surface area contributed by atoms with Gasteiger partial charge in [0.1, 0.15) is 0 Å². The fourth-order valence-electron chi connectivity index (χ4n) is 3.39. The maximum Gasteiger partial charge on any atom is 0.0369 e. The number of nitrogens with zero attached hydrogens (tertiary/aromatic N) is 1. The van der Waals surface area contributed by atoms with Crippen molar-refractivity contribution < 1.29 is 0 Å². The fourth-order valence-corrected chi connectivity index (χ4v) is 3.39. The number of nitrogens with one attached hydrogen (secondary N) is 1. The lowest BCUT2D eigenvalue weighted by molar-refractivity contribution is 0.420. The summed E-state index contributed by atoms with van der Waals surface area (Å²) in [6.07, 6.45) is 5.16. The van der Waals surface area contributed by atoms with Crippen LogP contribution in [0, 0.1) is 5.92 Å². The van der Waals surface area contributed by atoms with Crippen LogP contribution < -0.4 is 10.2 Å². The number of benzene rings is 1. The summed E-state index contributed by atoms with van der Waals surface area (Å²) in [7, 11) is 0. The monoisotopic (exact) mass is 258 g/mol. The van der Waals surface area contributed by atoms with E-state index in [1.807, 2.05) is 0 Å². The standard InChI is InChI=1S/C17H26N2/c1-13(2)17-12-19(10-4-9-18-17)16-8-7-14-5-3-6-15(14)11-16/h7-8,11,13,17-18H,3-6,9-10,12H2,1-2H3. The molecule has 2 heteroatoms. The first kappa shape index (κ1) is 13.0. The molecule has 1 N–H and O–H groups in total. The van der Waals surface area contributed by atoms with Gasteiger partial charge in [0.2, 0.25) is 0 Å². The highest BCUT2D eigenvalue weighted by Crippen LogP contribution is 2.27. The Morgan fingerprint density at radius 1 is 1.16 bits per heavy atom. The molecule has 1 fully saturated rings. The van der Waals surface area contributed by atoms with Crippen molar-refractivity contribution in [3.05, 3.63) is 29.3 Å². The van der Waals surface area contributed by atoms with Crippen LogP contribution in [0.2, 0.25) is 0 Å². The zero-order valence-electron chi connectivity index (χ0n) is 12.3. The molecule has 1 aromatic rings. The number of hydrogen-bond acceptors (Lipinski definition) is 2. The number of aryl methyl sites for hydroxylation is 2. The lowest BCUT2D eigenvalue weighted by Crippen LogP contribution is -2.41. The molecule has 1 saturated heterocycles. The van der Waals surface area contributed by atoms with Gasteiger partial charge >= 0.3 is 0 Å². The molecular formula is C17H26N2. The average molecular weight is 258 g/mol. The topological polar surface area (TPSA) is 15.3 Å². The molecule has 1 aliphatic carbocycles. The van der Waals surface area contributed by atoms with E-state index in [0.717, 1.165) is 13.1 Å². The first-order valence-electron chi connectivity index (χ1n) is 7.84. The van der Waals surface area contributed by atoms with Gasteiger partial charge in [0.15, 0.2) is 0 Å². The van der Waals surface area contributed by atoms with Crippen LogP contribution >= 0.6 is 0 Å². The number of hydrogen-bond donors (Lipinski definition) is 1. The van der Waals surface area contributed by atoms with Gasteiger partial charge in [-0.1, -0.05) is 19.9 Å². The summed E-state index contributed by atoms with van der Waals surface area (Å²) in [5.41, 5.74) is 4.61. The Morgan fingerprint density at radius 2 is 2.00 bits per heavy atom. The van der Waals surface area contributed by atoms with Gasteiger partial charge in [0.05, 0.1) is 0 Å². The Balaban J connectivity index is 1.80. The first-order chi connectivity index (χ1) is 9.24. The molecule has 2 nitrogen and oxygen atoms in total. The molecule has 0 radical (unpaired) electrons. The highest BCUT2D eigenvalue weighted by molar-refractivity contribution is 5.52. The minimum absolute atomic E-state index is 0.621. The van der Waals surface area contributed by atoms with Gasteiger partial charge < -0.3 is 10.2 Å². The number of fused-ring (bicyclic) bond motifs is 1. The normalized spacial score (nSPS) is 23.5. The maximum atomic E-state index is 3.69. The van der Waals surface area contributed by atoms with Crippen LogP contribution in [-0.4, -0.2) is 25.7 Å². The van der Waals surface area contributed by atoms with E-state index < -0.39 is 0 Å². The predicted octanol–water partition coefficient (Wildman–Crippen LogP) is 3.00. The van der Waals surface area contributed by atoms with Crippen molar-refractivity contribution in [3.63, 3.8) is 0 Å². The van der Waals surface area contributed by atoms with Crippen LogP contribution in [-0.2, 0) is 12.8 Å². The Labute approximate surface area is 117 Å². The Kier molecular flexibility index (Phi) is 3.79. The summed E-state index contributed by atoms with van der Waals surface area (Å²) in [6.45, 7) is 8.14. The van der Waals surface area contributed by atoms with E-state index in [0.29, 0.717) is 12.0 Å². The highest BCUT2D eigenvalue weighted by atomic mass is 15.2. The first-order valence-corrected chi connectivity index (χ1v) is 7.84. The minimum atomic E-state index is 0.621. The smallest absolute Gasteiger partial charge is 0.0369 e. The van der Waals surface area contributed by atoms with Crippen LogP contribution in [0.5, 0.6) is 0 Å². The molecule has 1 unspecified atom stereocenters. The summed E-state index contributed by atoms with van der Waals surface area (Å²) in [5, 5.41) is 3.69. The molecule has 3 rings (SSSR count). The van der Waals surface area contributed by atoms with Crippen molar-refractivity contribution in [2.24, 2.45) is 5.92 Å². The summed E-state index contributed by atoms with van der Waals surface area (Å²) >= 11 is 0. The average Bonchev–Trinajstić information content (AvgIpc) is 2.72. The molecule has 1 heterocycles. The second-order valence-corrected chi connectivity index (χ2v) is 6.41. The maximum absolute atomic E-state index is 3.69. The van der Waals surface area contributed by atoms with Crippen LogP contribution in [0.15, 0.2) is 18.2 Å². The Morgan fingerprint density at radius 3 is 2.84 bits per heavy atom. The van der Waals surface area contributed by atoms with Gasteiger partial charge in [0.25, 0.3) is 0 Å². The van der Waals surface area contributed by atoms with Gasteiger partial charge in [-0.15, -0.1) is 0 Å². The molecule has 1 atom stereocenters. The molecule has 0 aromatic heterocycles. The quantitative estimate of drug-likeness (QED) is 0.877. The largest absolute Gasteiger partial charge is 0.370 e. The summed E-state index contributed by atoms with van der Waals surface area (Å²) in [6, 6.07) is 7.77. The van der Waals surface area contributed by atoms with Gasteiger partial charge in [-0.2, -0.15) is 0 Å². The van der Waals surface area contributed by atoms with Crippen LogP contribution in [0.4, 0.5) is 5.69 Å². The second-order valence-electron chi connectivity index (χ2n) is 6.41. The minimum Gasteiger partial charge on any atom is -0.370 e. The van der Waals surface area contributed by atoms with Crippen molar-refractivity contribution in [2.75, 3.05) is 24.5 Å².